The van der Waals surface area contributed by atoms with Crippen LogP contribution in [0, 0.1) is 39.9 Å². The van der Waals surface area contributed by atoms with Crippen LogP contribution in [0.2, 0.25) is 0 Å². The van der Waals surface area contributed by atoms with Crippen molar-refractivity contribution in [2.45, 2.75) is 72.8 Å². The Kier molecular flexibility index (Phi) is 5.12. The molecule has 0 spiro atoms. The topological polar surface area (TPSA) is 52.9 Å². The van der Waals surface area contributed by atoms with Crippen LogP contribution in [0.1, 0.15) is 66.7 Å². The van der Waals surface area contributed by atoms with Crippen LogP contribution in [-0.4, -0.2) is 41.8 Å². The Bertz CT molecular complexity index is 827. The van der Waals surface area contributed by atoms with Crippen molar-refractivity contribution in [3.05, 3.63) is 23.8 Å². The van der Waals surface area contributed by atoms with Crippen LogP contribution in [0.25, 0.3) is 0 Å². The number of nitrogens with zero attached hydrogens (tertiary/aromatic N) is 2. The van der Waals surface area contributed by atoms with Gasteiger partial charge in [-0.1, -0.05) is 46.3 Å². The maximum absolute atomic E-state index is 12.0. The molecule has 0 heterocycles. The van der Waals surface area contributed by atoms with E-state index in [1.54, 1.807) is 6.08 Å². The molecule has 8 atom stereocenters. The number of rotatable bonds is 3. The first-order valence-corrected chi connectivity index (χ1v) is 11.9. The molecule has 3 saturated carbocycles. The Balaban J connectivity index is 1.78. The summed E-state index contributed by atoms with van der Waals surface area (Å²) in [6.07, 6.45) is 10.3. The highest BCUT2D eigenvalue weighted by molar-refractivity contribution is 6.01. The lowest BCUT2D eigenvalue weighted by Crippen LogP contribution is -2.58. The summed E-state index contributed by atoms with van der Waals surface area (Å²) in [7, 11) is 4.02. The highest BCUT2D eigenvalue weighted by Crippen LogP contribution is 2.71. The second-order valence-electron chi connectivity index (χ2n) is 11.3. The van der Waals surface area contributed by atoms with Crippen molar-refractivity contribution >= 4 is 11.5 Å². The van der Waals surface area contributed by atoms with Crippen molar-refractivity contribution in [1.29, 1.82) is 0 Å². The van der Waals surface area contributed by atoms with Gasteiger partial charge >= 0.3 is 0 Å². The molecule has 4 rings (SSSR count). The second-order valence-corrected chi connectivity index (χ2v) is 11.3. The lowest BCUT2D eigenvalue weighted by Gasteiger charge is -2.60. The summed E-state index contributed by atoms with van der Waals surface area (Å²) in [5, 5.41) is 18.6. The molecule has 0 aromatic carbocycles. The Morgan fingerprint density at radius 2 is 2.00 bits per heavy atom. The van der Waals surface area contributed by atoms with E-state index in [1.807, 2.05) is 25.2 Å². The van der Waals surface area contributed by atoms with Crippen LogP contribution in [0.4, 0.5) is 0 Å². The summed E-state index contributed by atoms with van der Waals surface area (Å²) >= 11 is 0. The fourth-order valence-corrected chi connectivity index (χ4v) is 8.28. The van der Waals surface area contributed by atoms with Crippen molar-refractivity contribution in [2.75, 3.05) is 14.1 Å². The standard InChI is InChI=1S/C26H40N2O2/c1-8-22(27-28(6)7)26(5)16(2)13-20-19-10-9-17-14-18(29)11-12-24(17,3)23(19)21(30)15-25(20,26)4/h11-12,14,16,19-21,23,30H,8-10,13,15H2,1-7H3/t16-,19+,20+,21+,23-,24+,25+,26-/m1/s1. The van der Waals surface area contributed by atoms with E-state index in [-0.39, 0.29) is 34.1 Å². The first-order chi connectivity index (χ1) is 14.0. The predicted octanol–water partition coefficient (Wildman–Crippen LogP) is 4.85. The Hall–Kier alpha value is -1.42. The maximum Gasteiger partial charge on any atom is 0.178 e. The van der Waals surface area contributed by atoms with Gasteiger partial charge in [-0.25, -0.2) is 0 Å². The quantitative estimate of drug-likeness (QED) is 0.533. The summed E-state index contributed by atoms with van der Waals surface area (Å²) < 4.78 is 0. The summed E-state index contributed by atoms with van der Waals surface area (Å²) in [5.74, 6) is 1.90. The summed E-state index contributed by atoms with van der Waals surface area (Å²) in [4.78, 5) is 12.0. The molecule has 166 valence electrons. The van der Waals surface area contributed by atoms with E-state index in [2.05, 4.69) is 40.7 Å². The van der Waals surface area contributed by atoms with E-state index in [0.29, 0.717) is 17.8 Å². The lowest BCUT2D eigenvalue weighted by atomic mass is 9.44. The molecule has 4 aliphatic carbocycles. The minimum absolute atomic E-state index is 0.0158. The molecule has 0 amide bonds. The number of aliphatic hydroxyl groups is 1. The molecule has 3 fully saturated rings. The van der Waals surface area contributed by atoms with Gasteiger partial charge in [0.25, 0.3) is 0 Å². The number of hydrogen-bond donors (Lipinski definition) is 1. The van der Waals surface area contributed by atoms with Crippen molar-refractivity contribution < 1.29 is 9.90 Å². The highest BCUT2D eigenvalue weighted by Gasteiger charge is 2.67. The number of allylic oxidation sites excluding steroid dienone is 4. The molecule has 0 aromatic rings. The van der Waals surface area contributed by atoms with Crippen LogP contribution in [0.3, 0.4) is 0 Å². The van der Waals surface area contributed by atoms with Crippen LogP contribution >= 0.6 is 0 Å². The van der Waals surface area contributed by atoms with E-state index in [0.717, 1.165) is 25.7 Å². The minimum Gasteiger partial charge on any atom is -0.393 e. The Labute approximate surface area is 182 Å². The smallest absolute Gasteiger partial charge is 0.178 e. The number of carbonyl (C=O) groups is 1. The van der Waals surface area contributed by atoms with Gasteiger partial charge in [0, 0.05) is 36.6 Å². The maximum atomic E-state index is 12.0. The molecule has 0 aromatic heterocycles. The Morgan fingerprint density at radius 3 is 2.63 bits per heavy atom. The van der Waals surface area contributed by atoms with Crippen molar-refractivity contribution in [3.63, 3.8) is 0 Å². The monoisotopic (exact) mass is 412 g/mol. The Morgan fingerprint density at radius 1 is 1.30 bits per heavy atom. The van der Waals surface area contributed by atoms with Crippen LogP contribution < -0.4 is 0 Å². The first kappa shape index (κ1) is 21.8. The third kappa shape index (κ3) is 2.75. The van der Waals surface area contributed by atoms with Gasteiger partial charge in [0.05, 0.1) is 6.10 Å². The molecule has 1 N–H and O–H groups in total. The molecule has 4 aliphatic rings. The number of hydrazone groups is 1. The zero-order valence-electron chi connectivity index (χ0n) is 19.9. The predicted molar refractivity (Wildman–Crippen MR) is 122 cm³/mol. The van der Waals surface area contributed by atoms with Crippen molar-refractivity contribution in [2.24, 2.45) is 45.0 Å². The second kappa shape index (κ2) is 7.05. The van der Waals surface area contributed by atoms with Crippen molar-refractivity contribution in [3.8, 4) is 0 Å². The average molecular weight is 413 g/mol. The van der Waals surface area contributed by atoms with Gasteiger partial charge in [-0.05, 0) is 67.4 Å². The molecule has 4 nitrogen and oxygen atoms in total. The molecule has 0 aliphatic heterocycles. The number of hydrogen-bond acceptors (Lipinski definition) is 4. The molecule has 0 bridgehead atoms. The van der Waals surface area contributed by atoms with Gasteiger partial charge < -0.3 is 10.1 Å². The van der Waals surface area contributed by atoms with Crippen LogP contribution in [-0.2, 0) is 4.79 Å². The number of carbonyl (C=O) groups excluding carboxylic acids is 1. The SMILES string of the molecule is CCC(=NN(C)C)[C@@]1(C)[C@H](C)C[C@H]2[C@@H]3CCC4=CC(=O)C=C[C@]4(C)[C@H]3[C@@H](O)C[C@@]21C. The normalized spacial score (nSPS) is 48.0. The van der Waals surface area contributed by atoms with Gasteiger partial charge in [0.1, 0.15) is 0 Å². The van der Waals surface area contributed by atoms with E-state index in [9.17, 15) is 9.90 Å². The van der Waals surface area contributed by atoms with E-state index >= 15 is 0 Å². The first-order valence-electron chi connectivity index (χ1n) is 11.9. The van der Waals surface area contributed by atoms with E-state index in [4.69, 9.17) is 5.10 Å². The zero-order chi connectivity index (χ0) is 22.1. The molecular weight excluding hydrogens is 372 g/mol. The highest BCUT2D eigenvalue weighted by atomic mass is 16.3. The molecule has 0 saturated heterocycles. The fraction of sp³-hybridized carbons (Fsp3) is 0.769. The van der Waals surface area contributed by atoms with Crippen LogP contribution in [0.5, 0.6) is 0 Å². The molecule has 0 unspecified atom stereocenters. The summed E-state index contributed by atoms with van der Waals surface area (Å²) in [6, 6.07) is 0. The summed E-state index contributed by atoms with van der Waals surface area (Å²) in [5.41, 5.74) is 2.34. The average Bonchev–Trinajstić information content (AvgIpc) is 2.87. The number of ketones is 1. The summed E-state index contributed by atoms with van der Waals surface area (Å²) in [6.45, 7) is 11.7. The third-order valence-corrected chi connectivity index (χ3v) is 9.92. The molecule has 4 heteroatoms. The van der Waals surface area contributed by atoms with Gasteiger partial charge in [-0.15, -0.1) is 0 Å². The van der Waals surface area contributed by atoms with Gasteiger partial charge in [-0.3, -0.25) is 4.79 Å². The number of aliphatic hydroxyl groups excluding tert-OH is 1. The van der Waals surface area contributed by atoms with Crippen molar-refractivity contribution in [1.82, 2.24) is 5.01 Å². The number of fused-ring (bicyclic) bond motifs is 5. The van der Waals surface area contributed by atoms with Gasteiger partial charge in [0.15, 0.2) is 5.78 Å². The fourth-order valence-electron chi connectivity index (χ4n) is 8.28. The largest absolute Gasteiger partial charge is 0.393 e. The lowest BCUT2D eigenvalue weighted by molar-refractivity contribution is -0.124. The zero-order valence-corrected chi connectivity index (χ0v) is 19.9. The van der Waals surface area contributed by atoms with Gasteiger partial charge in [0.2, 0.25) is 0 Å². The minimum atomic E-state index is -0.357. The van der Waals surface area contributed by atoms with Crippen LogP contribution in [0.15, 0.2) is 28.9 Å². The third-order valence-electron chi connectivity index (χ3n) is 9.92. The van der Waals surface area contributed by atoms with E-state index < -0.39 is 0 Å². The van der Waals surface area contributed by atoms with E-state index in [1.165, 1.54) is 17.7 Å². The molecular formula is C26H40N2O2. The molecule has 0 radical (unpaired) electrons. The van der Waals surface area contributed by atoms with Gasteiger partial charge in [-0.2, -0.15) is 5.10 Å². The molecule has 30 heavy (non-hydrogen) atoms.